The molecule has 0 amide bonds. The van der Waals surface area contributed by atoms with Gasteiger partial charge in [-0.3, -0.25) is 9.59 Å². The van der Waals surface area contributed by atoms with Gasteiger partial charge in [-0.15, -0.1) is 0 Å². The molecule has 0 aromatic rings. The first-order valence-electron chi connectivity index (χ1n) is 6.13. The Morgan fingerprint density at radius 3 is 2.35 bits per heavy atom. The number of fused-ring (bicyclic) bond motifs is 1. The molecule has 0 aromatic heterocycles. The van der Waals surface area contributed by atoms with E-state index in [9.17, 15) is 14.7 Å². The molecule has 2 aliphatic carbocycles. The molecular weight excluding hydrogens is 220 g/mol. The van der Waals surface area contributed by atoms with Crippen molar-refractivity contribution in [3.63, 3.8) is 0 Å². The number of carbonyl (C=O) groups is 2. The smallest absolute Gasteiger partial charge is 0.310 e. The van der Waals surface area contributed by atoms with Crippen LogP contribution >= 0.6 is 0 Å². The standard InChI is InChI=1S/C13H18O4/c14-10(15)9-12-5-1-3-7-13(12,11(16)17)8-4-2-6-12/h1,3H,2,4-9H2,(H,14,15)(H,16,17)/t12-,13+/m1/s1. The Labute approximate surface area is 100 Å². The third kappa shape index (κ3) is 1.75. The van der Waals surface area contributed by atoms with E-state index in [1.165, 1.54) is 0 Å². The first-order chi connectivity index (χ1) is 8.02. The van der Waals surface area contributed by atoms with Crippen molar-refractivity contribution < 1.29 is 19.8 Å². The highest BCUT2D eigenvalue weighted by molar-refractivity contribution is 5.79. The lowest BCUT2D eigenvalue weighted by Crippen LogP contribution is -2.51. The summed E-state index contributed by atoms with van der Waals surface area (Å²) in [4.78, 5) is 22.7. The van der Waals surface area contributed by atoms with Crippen LogP contribution in [0.15, 0.2) is 12.2 Å². The topological polar surface area (TPSA) is 74.6 Å². The lowest BCUT2D eigenvalue weighted by atomic mass is 9.50. The molecule has 94 valence electrons. The summed E-state index contributed by atoms with van der Waals surface area (Å²) < 4.78 is 0. The van der Waals surface area contributed by atoms with Gasteiger partial charge in [-0.25, -0.2) is 0 Å². The molecular formula is C13H18O4. The number of allylic oxidation sites excluding steroid dienone is 2. The van der Waals surface area contributed by atoms with Gasteiger partial charge in [0.25, 0.3) is 0 Å². The normalized spacial score (nSPS) is 36.2. The average molecular weight is 238 g/mol. The molecule has 2 N–H and O–H groups in total. The van der Waals surface area contributed by atoms with Gasteiger partial charge >= 0.3 is 11.9 Å². The minimum absolute atomic E-state index is 0.0242. The molecule has 0 aliphatic heterocycles. The van der Waals surface area contributed by atoms with Crippen LogP contribution in [-0.2, 0) is 9.59 Å². The van der Waals surface area contributed by atoms with Crippen LogP contribution in [0.4, 0.5) is 0 Å². The van der Waals surface area contributed by atoms with Crippen LogP contribution < -0.4 is 0 Å². The summed E-state index contributed by atoms with van der Waals surface area (Å²) in [6, 6.07) is 0. The van der Waals surface area contributed by atoms with Crippen molar-refractivity contribution in [3.8, 4) is 0 Å². The molecule has 0 saturated heterocycles. The van der Waals surface area contributed by atoms with Crippen molar-refractivity contribution >= 4 is 11.9 Å². The van der Waals surface area contributed by atoms with Crippen LogP contribution in [0.25, 0.3) is 0 Å². The molecule has 1 fully saturated rings. The fourth-order valence-electron chi connectivity index (χ4n) is 3.64. The molecule has 1 saturated carbocycles. The Kier molecular flexibility index (Phi) is 2.98. The fourth-order valence-corrected chi connectivity index (χ4v) is 3.64. The third-order valence-corrected chi connectivity index (χ3v) is 4.56. The largest absolute Gasteiger partial charge is 0.481 e. The second-order valence-corrected chi connectivity index (χ2v) is 5.32. The van der Waals surface area contributed by atoms with Gasteiger partial charge in [-0.1, -0.05) is 25.0 Å². The molecule has 4 nitrogen and oxygen atoms in total. The summed E-state index contributed by atoms with van der Waals surface area (Å²) in [5.41, 5.74) is -1.42. The summed E-state index contributed by atoms with van der Waals surface area (Å²) in [6.45, 7) is 0. The average Bonchev–Trinajstić information content (AvgIpc) is 2.27. The van der Waals surface area contributed by atoms with Crippen LogP contribution in [0.3, 0.4) is 0 Å². The van der Waals surface area contributed by atoms with E-state index < -0.39 is 22.8 Å². The highest BCUT2D eigenvalue weighted by atomic mass is 16.4. The number of hydrogen-bond donors (Lipinski definition) is 2. The minimum Gasteiger partial charge on any atom is -0.481 e. The second kappa shape index (κ2) is 4.17. The maximum Gasteiger partial charge on any atom is 0.310 e. The predicted octanol–water partition coefficient (Wildman–Crippen LogP) is 2.44. The highest BCUT2D eigenvalue weighted by Crippen LogP contribution is 2.59. The van der Waals surface area contributed by atoms with Gasteiger partial charge in [0.2, 0.25) is 0 Å². The quantitative estimate of drug-likeness (QED) is 0.740. The van der Waals surface area contributed by atoms with Crippen molar-refractivity contribution in [1.82, 2.24) is 0 Å². The summed E-state index contributed by atoms with van der Waals surface area (Å²) >= 11 is 0. The van der Waals surface area contributed by atoms with Gasteiger partial charge in [0, 0.05) is 5.41 Å². The van der Waals surface area contributed by atoms with Crippen molar-refractivity contribution in [2.75, 3.05) is 0 Å². The maximum absolute atomic E-state index is 11.7. The molecule has 2 aliphatic rings. The zero-order valence-corrected chi connectivity index (χ0v) is 9.82. The van der Waals surface area contributed by atoms with Crippen molar-refractivity contribution in [1.29, 1.82) is 0 Å². The van der Waals surface area contributed by atoms with E-state index in [1.54, 1.807) is 0 Å². The Morgan fingerprint density at radius 2 is 1.71 bits per heavy atom. The first-order valence-corrected chi connectivity index (χ1v) is 6.13. The molecule has 0 spiro atoms. The van der Waals surface area contributed by atoms with Crippen molar-refractivity contribution in [3.05, 3.63) is 12.2 Å². The maximum atomic E-state index is 11.7. The third-order valence-electron chi connectivity index (χ3n) is 4.56. The molecule has 2 rings (SSSR count). The Balaban J connectivity index is 2.43. The highest BCUT2D eigenvalue weighted by Gasteiger charge is 2.58. The zero-order chi connectivity index (χ0) is 12.5. The van der Waals surface area contributed by atoms with Crippen LogP contribution in [0, 0.1) is 10.8 Å². The lowest BCUT2D eigenvalue weighted by molar-refractivity contribution is -0.168. The molecule has 0 unspecified atom stereocenters. The van der Waals surface area contributed by atoms with Gasteiger partial charge in [0.1, 0.15) is 0 Å². The Bertz CT molecular complexity index is 374. The van der Waals surface area contributed by atoms with Gasteiger partial charge in [-0.05, 0) is 25.7 Å². The Hall–Kier alpha value is -1.32. The summed E-state index contributed by atoms with van der Waals surface area (Å²) in [7, 11) is 0. The monoisotopic (exact) mass is 238 g/mol. The van der Waals surface area contributed by atoms with E-state index in [0.717, 1.165) is 19.3 Å². The van der Waals surface area contributed by atoms with E-state index in [0.29, 0.717) is 19.3 Å². The van der Waals surface area contributed by atoms with Crippen LogP contribution in [0.2, 0.25) is 0 Å². The number of carboxylic acid groups (broad SMARTS) is 2. The molecule has 0 heterocycles. The summed E-state index contributed by atoms with van der Waals surface area (Å²) in [5, 5.41) is 18.7. The number of hydrogen-bond acceptors (Lipinski definition) is 2. The zero-order valence-electron chi connectivity index (χ0n) is 9.82. The van der Waals surface area contributed by atoms with Gasteiger partial charge < -0.3 is 10.2 Å². The molecule has 0 radical (unpaired) electrons. The molecule has 0 aromatic carbocycles. The molecule has 4 heteroatoms. The molecule has 0 bridgehead atoms. The Morgan fingerprint density at radius 1 is 1.06 bits per heavy atom. The molecule has 17 heavy (non-hydrogen) atoms. The van der Waals surface area contributed by atoms with E-state index >= 15 is 0 Å². The fraction of sp³-hybridized carbons (Fsp3) is 0.692. The van der Waals surface area contributed by atoms with Crippen molar-refractivity contribution in [2.24, 2.45) is 10.8 Å². The molecule has 2 atom stereocenters. The number of aliphatic carboxylic acids is 2. The van der Waals surface area contributed by atoms with Crippen LogP contribution in [-0.4, -0.2) is 22.2 Å². The predicted molar refractivity (Wildman–Crippen MR) is 61.6 cm³/mol. The van der Waals surface area contributed by atoms with Crippen LogP contribution in [0.5, 0.6) is 0 Å². The number of carboxylic acids is 2. The van der Waals surface area contributed by atoms with Gasteiger partial charge in [-0.2, -0.15) is 0 Å². The number of rotatable bonds is 3. The summed E-state index contributed by atoms with van der Waals surface area (Å²) in [6.07, 6.45) is 8.06. The van der Waals surface area contributed by atoms with Gasteiger partial charge in [0.15, 0.2) is 0 Å². The van der Waals surface area contributed by atoms with Crippen LogP contribution in [0.1, 0.15) is 44.9 Å². The summed E-state index contributed by atoms with van der Waals surface area (Å²) in [5.74, 6) is -1.70. The lowest BCUT2D eigenvalue weighted by Gasteiger charge is -2.52. The second-order valence-electron chi connectivity index (χ2n) is 5.32. The van der Waals surface area contributed by atoms with E-state index in [4.69, 9.17) is 5.11 Å². The first kappa shape index (κ1) is 12.1. The van der Waals surface area contributed by atoms with E-state index in [-0.39, 0.29) is 6.42 Å². The van der Waals surface area contributed by atoms with E-state index in [1.807, 2.05) is 12.2 Å². The SMILES string of the molecule is O=C(O)C[C@]12CC=CC[C@@]1(C(=O)O)CCCC2. The minimum atomic E-state index is -0.882. The van der Waals surface area contributed by atoms with Crippen molar-refractivity contribution in [2.45, 2.75) is 44.9 Å². The van der Waals surface area contributed by atoms with Gasteiger partial charge in [0.05, 0.1) is 11.8 Å². The van der Waals surface area contributed by atoms with E-state index in [2.05, 4.69) is 0 Å².